The van der Waals surface area contributed by atoms with E-state index in [4.69, 9.17) is 10.3 Å². The first-order chi connectivity index (χ1) is 8.08. The maximum atomic E-state index is 12.1. The molecule has 94 valence electrons. The SMILES string of the molecule is Cc1cc(C(=O)N2CCC(C(C)N)CC2)no1. The Balaban J connectivity index is 1.95. The number of amides is 1. The van der Waals surface area contributed by atoms with Gasteiger partial charge in [0.25, 0.3) is 5.91 Å². The molecule has 0 saturated carbocycles. The number of aromatic nitrogens is 1. The van der Waals surface area contributed by atoms with Crippen molar-refractivity contribution in [2.75, 3.05) is 13.1 Å². The molecule has 5 nitrogen and oxygen atoms in total. The molecule has 5 heteroatoms. The molecule has 2 heterocycles. The summed E-state index contributed by atoms with van der Waals surface area (Å²) >= 11 is 0. The highest BCUT2D eigenvalue weighted by Crippen LogP contribution is 2.20. The smallest absolute Gasteiger partial charge is 0.276 e. The van der Waals surface area contributed by atoms with Crippen LogP contribution in [0.5, 0.6) is 0 Å². The lowest BCUT2D eigenvalue weighted by Crippen LogP contribution is -2.42. The molecule has 1 saturated heterocycles. The molecule has 1 aliphatic rings. The van der Waals surface area contributed by atoms with Gasteiger partial charge in [-0.15, -0.1) is 0 Å². The van der Waals surface area contributed by atoms with E-state index >= 15 is 0 Å². The van der Waals surface area contributed by atoms with Crippen LogP contribution in [0, 0.1) is 12.8 Å². The second-order valence-corrected chi connectivity index (χ2v) is 4.81. The van der Waals surface area contributed by atoms with Crippen LogP contribution in [0.3, 0.4) is 0 Å². The van der Waals surface area contributed by atoms with E-state index in [0.29, 0.717) is 17.4 Å². The molecule has 1 atom stereocenters. The Labute approximate surface area is 101 Å². The predicted octanol–water partition coefficient (Wildman–Crippen LogP) is 1.18. The van der Waals surface area contributed by atoms with Crippen molar-refractivity contribution in [1.82, 2.24) is 10.1 Å². The molecule has 1 fully saturated rings. The summed E-state index contributed by atoms with van der Waals surface area (Å²) in [6.07, 6.45) is 1.94. The highest BCUT2D eigenvalue weighted by atomic mass is 16.5. The lowest BCUT2D eigenvalue weighted by atomic mass is 9.91. The summed E-state index contributed by atoms with van der Waals surface area (Å²) in [7, 11) is 0. The molecule has 1 unspecified atom stereocenters. The monoisotopic (exact) mass is 237 g/mol. The minimum atomic E-state index is -0.0371. The topological polar surface area (TPSA) is 72.4 Å². The lowest BCUT2D eigenvalue weighted by Gasteiger charge is -2.33. The van der Waals surface area contributed by atoms with Crippen LogP contribution in [-0.2, 0) is 0 Å². The molecule has 17 heavy (non-hydrogen) atoms. The Morgan fingerprint density at radius 3 is 2.71 bits per heavy atom. The molecule has 1 amide bonds. The van der Waals surface area contributed by atoms with Crippen molar-refractivity contribution >= 4 is 5.91 Å². The second-order valence-electron chi connectivity index (χ2n) is 4.81. The number of rotatable bonds is 2. The van der Waals surface area contributed by atoms with Crippen molar-refractivity contribution in [2.45, 2.75) is 32.7 Å². The third kappa shape index (κ3) is 2.66. The predicted molar refractivity (Wildman–Crippen MR) is 63.5 cm³/mol. The standard InChI is InChI=1S/C12H19N3O2/c1-8-7-11(14-17-8)12(16)15-5-3-10(4-6-15)9(2)13/h7,9-10H,3-6,13H2,1-2H3. The van der Waals surface area contributed by atoms with Crippen LogP contribution in [-0.4, -0.2) is 35.1 Å². The van der Waals surface area contributed by atoms with Gasteiger partial charge in [0.2, 0.25) is 0 Å². The fourth-order valence-electron chi connectivity index (χ4n) is 2.26. The molecular weight excluding hydrogens is 218 g/mol. The Kier molecular flexibility index (Phi) is 3.47. The van der Waals surface area contributed by atoms with Crippen molar-refractivity contribution in [2.24, 2.45) is 11.7 Å². The highest BCUT2D eigenvalue weighted by molar-refractivity contribution is 5.92. The van der Waals surface area contributed by atoms with Gasteiger partial charge in [-0.25, -0.2) is 0 Å². The summed E-state index contributed by atoms with van der Waals surface area (Å²) in [6, 6.07) is 1.89. The van der Waals surface area contributed by atoms with Gasteiger partial charge in [-0.05, 0) is 32.6 Å². The van der Waals surface area contributed by atoms with Crippen LogP contribution in [0.1, 0.15) is 36.0 Å². The average molecular weight is 237 g/mol. The quantitative estimate of drug-likeness (QED) is 0.838. The number of carbonyl (C=O) groups excluding carboxylic acids is 1. The average Bonchev–Trinajstić information content (AvgIpc) is 2.75. The van der Waals surface area contributed by atoms with Crippen LogP contribution in [0.25, 0.3) is 0 Å². The molecule has 1 aromatic rings. The lowest BCUT2D eigenvalue weighted by molar-refractivity contribution is 0.0670. The van der Waals surface area contributed by atoms with Crippen LogP contribution < -0.4 is 5.73 Å². The Hall–Kier alpha value is -1.36. The molecule has 0 aliphatic carbocycles. The van der Waals surface area contributed by atoms with E-state index in [1.54, 1.807) is 13.0 Å². The zero-order valence-corrected chi connectivity index (χ0v) is 10.3. The fraction of sp³-hybridized carbons (Fsp3) is 0.667. The summed E-state index contributed by atoms with van der Waals surface area (Å²) < 4.78 is 4.92. The van der Waals surface area contributed by atoms with E-state index in [1.165, 1.54) is 0 Å². The van der Waals surface area contributed by atoms with E-state index in [-0.39, 0.29) is 11.9 Å². The maximum Gasteiger partial charge on any atom is 0.276 e. The highest BCUT2D eigenvalue weighted by Gasteiger charge is 2.26. The Morgan fingerprint density at radius 1 is 1.59 bits per heavy atom. The molecular formula is C12H19N3O2. The van der Waals surface area contributed by atoms with E-state index < -0.39 is 0 Å². The molecule has 1 aliphatic heterocycles. The van der Waals surface area contributed by atoms with E-state index in [2.05, 4.69) is 5.16 Å². The van der Waals surface area contributed by atoms with Crippen molar-refractivity contribution in [3.63, 3.8) is 0 Å². The first kappa shape index (κ1) is 12.1. The molecule has 2 N–H and O–H groups in total. The number of aryl methyl sites for hydroxylation is 1. The largest absolute Gasteiger partial charge is 0.361 e. The molecule has 0 aromatic carbocycles. The molecule has 0 bridgehead atoms. The minimum Gasteiger partial charge on any atom is -0.361 e. The van der Waals surface area contributed by atoms with Gasteiger partial charge in [-0.3, -0.25) is 4.79 Å². The van der Waals surface area contributed by atoms with Crippen molar-refractivity contribution in [3.05, 3.63) is 17.5 Å². The van der Waals surface area contributed by atoms with Crippen LogP contribution in [0.2, 0.25) is 0 Å². The van der Waals surface area contributed by atoms with Crippen molar-refractivity contribution < 1.29 is 9.32 Å². The first-order valence-electron chi connectivity index (χ1n) is 6.06. The molecule has 0 spiro atoms. The minimum absolute atomic E-state index is 0.0371. The summed E-state index contributed by atoms with van der Waals surface area (Å²) in [5, 5.41) is 3.75. The molecule has 0 radical (unpaired) electrons. The van der Waals surface area contributed by atoms with E-state index in [0.717, 1.165) is 25.9 Å². The number of likely N-dealkylation sites (tertiary alicyclic amines) is 1. The fourth-order valence-corrected chi connectivity index (χ4v) is 2.26. The van der Waals surface area contributed by atoms with Crippen LogP contribution in [0.4, 0.5) is 0 Å². The van der Waals surface area contributed by atoms with Crippen molar-refractivity contribution in [1.29, 1.82) is 0 Å². The zero-order chi connectivity index (χ0) is 12.4. The van der Waals surface area contributed by atoms with Crippen molar-refractivity contribution in [3.8, 4) is 0 Å². The number of piperidine rings is 1. The summed E-state index contributed by atoms with van der Waals surface area (Å²) in [6.45, 7) is 5.34. The van der Waals surface area contributed by atoms with Crippen LogP contribution in [0.15, 0.2) is 10.6 Å². The summed E-state index contributed by atoms with van der Waals surface area (Å²) in [5.41, 5.74) is 6.28. The van der Waals surface area contributed by atoms with E-state index in [1.807, 2.05) is 11.8 Å². The van der Waals surface area contributed by atoms with Gasteiger partial charge >= 0.3 is 0 Å². The zero-order valence-electron chi connectivity index (χ0n) is 10.3. The van der Waals surface area contributed by atoms with Gasteiger partial charge in [-0.1, -0.05) is 5.16 Å². The third-order valence-corrected chi connectivity index (χ3v) is 3.42. The normalized spacial score (nSPS) is 19.4. The third-order valence-electron chi connectivity index (χ3n) is 3.42. The van der Waals surface area contributed by atoms with Gasteiger partial charge < -0.3 is 15.2 Å². The maximum absolute atomic E-state index is 12.1. The van der Waals surface area contributed by atoms with Crippen LogP contribution >= 0.6 is 0 Å². The van der Waals surface area contributed by atoms with Gasteiger partial charge in [0.15, 0.2) is 5.69 Å². The Bertz CT molecular complexity index is 392. The second kappa shape index (κ2) is 4.87. The number of carbonyl (C=O) groups is 1. The van der Waals surface area contributed by atoms with Gasteiger partial charge in [-0.2, -0.15) is 0 Å². The Morgan fingerprint density at radius 2 is 2.24 bits per heavy atom. The molecule has 2 rings (SSSR count). The number of hydrogen-bond acceptors (Lipinski definition) is 4. The summed E-state index contributed by atoms with van der Waals surface area (Å²) in [4.78, 5) is 13.9. The van der Waals surface area contributed by atoms with Gasteiger partial charge in [0, 0.05) is 25.2 Å². The number of nitrogens with zero attached hydrogens (tertiary/aromatic N) is 2. The summed E-state index contributed by atoms with van der Waals surface area (Å²) in [5.74, 6) is 1.15. The van der Waals surface area contributed by atoms with E-state index in [9.17, 15) is 4.79 Å². The van der Waals surface area contributed by atoms with Gasteiger partial charge in [0.05, 0.1) is 0 Å². The number of hydrogen-bond donors (Lipinski definition) is 1. The molecule has 1 aromatic heterocycles. The number of nitrogens with two attached hydrogens (primary N) is 1. The van der Waals surface area contributed by atoms with Gasteiger partial charge in [0.1, 0.15) is 5.76 Å². The first-order valence-corrected chi connectivity index (χ1v) is 6.06.